The highest BCUT2D eigenvalue weighted by atomic mass is 19.4. The fraction of sp³-hybridized carbons (Fsp3) is 1.00. The van der Waals surface area contributed by atoms with E-state index in [1.807, 2.05) is 0 Å². The Bertz CT molecular complexity index is 172. The third-order valence-electron chi connectivity index (χ3n) is 2.68. The lowest BCUT2D eigenvalue weighted by molar-refractivity contribution is -0.183. The molecule has 0 heterocycles. The van der Waals surface area contributed by atoms with Gasteiger partial charge in [0.05, 0.1) is 12.5 Å². The van der Waals surface area contributed by atoms with Crippen molar-refractivity contribution >= 4 is 0 Å². The summed E-state index contributed by atoms with van der Waals surface area (Å²) >= 11 is 0. The number of nitrogens with one attached hydrogen (secondary N) is 1. The number of alkyl halides is 3. The second kappa shape index (κ2) is 4.98. The molecule has 2 N–H and O–H groups in total. The number of aliphatic hydroxyl groups is 1. The quantitative estimate of drug-likeness (QED) is 0.744. The molecule has 1 rings (SSSR count). The standard InChI is InChI=1S/C9H16F3NO/c10-9(11,12)7-2-1-3-8(6-7)13-4-5-14/h7-8,13-14H,1-6H2. The first kappa shape index (κ1) is 11.8. The molecule has 5 heteroatoms. The molecule has 0 aromatic rings. The first-order chi connectivity index (χ1) is 6.54. The summed E-state index contributed by atoms with van der Waals surface area (Å²) in [5.74, 6) is -1.16. The van der Waals surface area contributed by atoms with Gasteiger partial charge in [0.25, 0.3) is 0 Å². The molecule has 0 aromatic heterocycles. The van der Waals surface area contributed by atoms with Crippen molar-refractivity contribution in [2.75, 3.05) is 13.2 Å². The fourth-order valence-corrected chi connectivity index (χ4v) is 1.94. The Morgan fingerprint density at radius 1 is 1.29 bits per heavy atom. The van der Waals surface area contributed by atoms with E-state index in [-0.39, 0.29) is 25.5 Å². The molecule has 1 saturated carbocycles. The van der Waals surface area contributed by atoms with Crippen LogP contribution in [-0.2, 0) is 0 Å². The van der Waals surface area contributed by atoms with Gasteiger partial charge in [0.15, 0.2) is 0 Å². The molecule has 1 aliphatic rings. The van der Waals surface area contributed by atoms with Crippen LogP contribution < -0.4 is 5.32 Å². The molecule has 0 radical (unpaired) electrons. The van der Waals surface area contributed by atoms with Crippen molar-refractivity contribution in [3.05, 3.63) is 0 Å². The highest BCUT2D eigenvalue weighted by Crippen LogP contribution is 2.37. The van der Waals surface area contributed by atoms with Gasteiger partial charge < -0.3 is 10.4 Å². The number of hydrogen-bond donors (Lipinski definition) is 2. The number of hydrogen-bond acceptors (Lipinski definition) is 2. The Balaban J connectivity index is 2.36. The molecule has 2 atom stereocenters. The van der Waals surface area contributed by atoms with E-state index >= 15 is 0 Å². The molecule has 1 fully saturated rings. The zero-order chi connectivity index (χ0) is 10.6. The monoisotopic (exact) mass is 211 g/mol. The van der Waals surface area contributed by atoms with Gasteiger partial charge in [0, 0.05) is 12.6 Å². The van der Waals surface area contributed by atoms with Crippen molar-refractivity contribution in [3.8, 4) is 0 Å². The van der Waals surface area contributed by atoms with Crippen molar-refractivity contribution in [1.82, 2.24) is 5.32 Å². The van der Waals surface area contributed by atoms with E-state index < -0.39 is 12.1 Å². The summed E-state index contributed by atoms with van der Waals surface area (Å²) in [5.41, 5.74) is 0. The van der Waals surface area contributed by atoms with E-state index in [0.29, 0.717) is 13.0 Å². The Morgan fingerprint density at radius 2 is 2.00 bits per heavy atom. The van der Waals surface area contributed by atoms with Gasteiger partial charge >= 0.3 is 6.18 Å². The average molecular weight is 211 g/mol. The third kappa shape index (κ3) is 3.46. The second-order valence-electron chi connectivity index (χ2n) is 3.78. The Kier molecular flexibility index (Phi) is 4.19. The van der Waals surface area contributed by atoms with Crippen molar-refractivity contribution in [2.24, 2.45) is 5.92 Å². The SMILES string of the molecule is OCCNC1CCCC(C(F)(F)F)C1. The van der Waals surface area contributed by atoms with Crippen LogP contribution in [0.2, 0.25) is 0 Å². The van der Waals surface area contributed by atoms with Crippen LogP contribution in [0.3, 0.4) is 0 Å². The topological polar surface area (TPSA) is 32.3 Å². The first-order valence-corrected chi connectivity index (χ1v) is 4.95. The van der Waals surface area contributed by atoms with Crippen molar-refractivity contribution in [3.63, 3.8) is 0 Å². The first-order valence-electron chi connectivity index (χ1n) is 4.95. The minimum Gasteiger partial charge on any atom is -0.395 e. The van der Waals surface area contributed by atoms with E-state index in [0.717, 1.165) is 6.42 Å². The van der Waals surface area contributed by atoms with Gasteiger partial charge in [-0.25, -0.2) is 0 Å². The van der Waals surface area contributed by atoms with Crippen LogP contribution >= 0.6 is 0 Å². The Hall–Kier alpha value is -0.290. The molecule has 0 amide bonds. The molecule has 0 aliphatic heterocycles. The van der Waals surface area contributed by atoms with E-state index in [1.165, 1.54) is 0 Å². The van der Waals surface area contributed by atoms with Gasteiger partial charge in [0.1, 0.15) is 0 Å². The number of halogens is 3. The Morgan fingerprint density at radius 3 is 2.57 bits per heavy atom. The maximum absolute atomic E-state index is 12.4. The van der Waals surface area contributed by atoms with Crippen LogP contribution in [0.1, 0.15) is 25.7 Å². The molecule has 14 heavy (non-hydrogen) atoms. The van der Waals surface area contributed by atoms with Gasteiger partial charge in [0.2, 0.25) is 0 Å². The molecule has 2 nitrogen and oxygen atoms in total. The van der Waals surface area contributed by atoms with E-state index in [2.05, 4.69) is 5.32 Å². The van der Waals surface area contributed by atoms with Gasteiger partial charge in [-0.05, 0) is 19.3 Å². The van der Waals surface area contributed by atoms with Crippen molar-refractivity contribution in [1.29, 1.82) is 0 Å². The van der Waals surface area contributed by atoms with Crippen molar-refractivity contribution in [2.45, 2.75) is 37.9 Å². The molecular formula is C9H16F3NO. The summed E-state index contributed by atoms with van der Waals surface area (Å²) in [6.07, 6.45) is -2.25. The predicted molar refractivity (Wildman–Crippen MR) is 46.9 cm³/mol. The average Bonchev–Trinajstić information content (AvgIpc) is 2.14. The van der Waals surface area contributed by atoms with Crippen LogP contribution in [-0.4, -0.2) is 30.5 Å². The summed E-state index contributed by atoms with van der Waals surface area (Å²) in [6.45, 7) is 0.364. The summed E-state index contributed by atoms with van der Waals surface area (Å²) in [5, 5.41) is 11.5. The lowest BCUT2D eigenvalue weighted by atomic mass is 9.85. The van der Waals surface area contributed by atoms with Crippen LogP contribution in [0, 0.1) is 5.92 Å². The van der Waals surface area contributed by atoms with Crippen molar-refractivity contribution < 1.29 is 18.3 Å². The van der Waals surface area contributed by atoms with Crippen LogP contribution in [0.4, 0.5) is 13.2 Å². The highest BCUT2D eigenvalue weighted by molar-refractivity contribution is 4.81. The molecule has 0 bridgehead atoms. The molecule has 1 aliphatic carbocycles. The van der Waals surface area contributed by atoms with Gasteiger partial charge in [-0.3, -0.25) is 0 Å². The minimum atomic E-state index is -4.06. The Labute approximate surface area is 81.5 Å². The molecular weight excluding hydrogens is 195 g/mol. The molecule has 0 spiro atoms. The van der Waals surface area contributed by atoms with Gasteiger partial charge in [-0.15, -0.1) is 0 Å². The molecule has 2 unspecified atom stereocenters. The minimum absolute atomic E-state index is 0.0207. The van der Waals surface area contributed by atoms with Crippen LogP contribution in [0.25, 0.3) is 0 Å². The molecule has 0 saturated heterocycles. The number of aliphatic hydroxyl groups excluding tert-OH is 1. The molecule has 0 aromatic carbocycles. The lowest BCUT2D eigenvalue weighted by Crippen LogP contribution is -2.39. The van der Waals surface area contributed by atoms with Crippen LogP contribution in [0.5, 0.6) is 0 Å². The maximum Gasteiger partial charge on any atom is 0.391 e. The summed E-state index contributed by atoms with van der Waals surface area (Å²) in [4.78, 5) is 0. The lowest BCUT2D eigenvalue weighted by Gasteiger charge is -2.30. The largest absolute Gasteiger partial charge is 0.395 e. The second-order valence-corrected chi connectivity index (χ2v) is 3.78. The predicted octanol–water partition coefficient (Wildman–Crippen LogP) is 1.69. The molecule has 84 valence electrons. The highest BCUT2D eigenvalue weighted by Gasteiger charge is 2.41. The summed E-state index contributed by atoms with van der Waals surface area (Å²) in [7, 11) is 0. The van der Waals surface area contributed by atoms with E-state index in [1.54, 1.807) is 0 Å². The number of rotatable bonds is 3. The van der Waals surface area contributed by atoms with Gasteiger partial charge in [-0.1, -0.05) is 6.42 Å². The third-order valence-corrected chi connectivity index (χ3v) is 2.68. The summed E-state index contributed by atoms with van der Waals surface area (Å²) in [6, 6.07) is -0.0810. The zero-order valence-corrected chi connectivity index (χ0v) is 7.98. The van der Waals surface area contributed by atoms with E-state index in [9.17, 15) is 13.2 Å². The normalized spacial score (nSPS) is 29.1. The fourth-order valence-electron chi connectivity index (χ4n) is 1.94. The van der Waals surface area contributed by atoms with E-state index in [4.69, 9.17) is 5.11 Å². The zero-order valence-electron chi connectivity index (χ0n) is 7.98. The summed E-state index contributed by atoms with van der Waals surface area (Å²) < 4.78 is 37.1. The maximum atomic E-state index is 12.4. The van der Waals surface area contributed by atoms with Gasteiger partial charge in [-0.2, -0.15) is 13.2 Å². The smallest absolute Gasteiger partial charge is 0.391 e. The van der Waals surface area contributed by atoms with Crippen LogP contribution in [0.15, 0.2) is 0 Å².